The number of guanidine groups is 1. The second-order valence-electron chi connectivity index (χ2n) is 5.78. The molecule has 1 aromatic carbocycles. The molecule has 4 N–H and O–H groups in total. The lowest BCUT2D eigenvalue weighted by Gasteiger charge is -2.27. The topological polar surface area (TPSA) is 87.2 Å². The van der Waals surface area contributed by atoms with Crippen molar-refractivity contribution in [3.05, 3.63) is 62.9 Å². The third kappa shape index (κ3) is 4.06. The van der Waals surface area contributed by atoms with Crippen molar-refractivity contribution in [2.45, 2.75) is 25.7 Å². The Hall–Kier alpha value is -1.82. The predicted molar refractivity (Wildman–Crippen MR) is 105 cm³/mol. The van der Waals surface area contributed by atoms with E-state index in [9.17, 15) is 0 Å². The molecule has 25 heavy (non-hydrogen) atoms. The number of nitrogens with one attached hydrogen (secondary N) is 2. The molecule has 3 rings (SSSR count). The first-order chi connectivity index (χ1) is 11.5. The van der Waals surface area contributed by atoms with Gasteiger partial charge in [-0.1, -0.05) is 35.3 Å². The van der Waals surface area contributed by atoms with E-state index in [1.807, 2.05) is 25.1 Å². The van der Waals surface area contributed by atoms with Crippen LogP contribution in [0.4, 0.5) is 0 Å². The zero-order chi connectivity index (χ0) is 17.3. The zero-order valence-corrected chi connectivity index (χ0v) is 15.8. The van der Waals surface area contributed by atoms with Gasteiger partial charge in [-0.15, -0.1) is 12.4 Å². The Labute approximate surface area is 162 Å². The highest BCUT2D eigenvalue weighted by atomic mass is 35.5. The summed E-state index contributed by atoms with van der Waals surface area (Å²) >= 11 is 12.6. The SMILES string of the molecule is Cc1ccnc2c1C(=NNC(=N)N)CC(c1cccc(Cl)c1Cl)C2.Cl. The van der Waals surface area contributed by atoms with Crippen molar-refractivity contribution in [3.8, 4) is 0 Å². The van der Waals surface area contributed by atoms with Gasteiger partial charge >= 0.3 is 0 Å². The molecule has 1 atom stereocenters. The number of aryl methyl sites for hydroxylation is 1. The van der Waals surface area contributed by atoms with Gasteiger partial charge in [-0.25, -0.2) is 5.43 Å². The molecule has 132 valence electrons. The van der Waals surface area contributed by atoms with Crippen molar-refractivity contribution in [2.24, 2.45) is 10.8 Å². The van der Waals surface area contributed by atoms with E-state index in [1.165, 1.54) is 0 Å². The maximum atomic E-state index is 7.33. The van der Waals surface area contributed by atoms with E-state index in [-0.39, 0.29) is 24.3 Å². The Morgan fingerprint density at radius 2 is 2.08 bits per heavy atom. The maximum Gasteiger partial charge on any atom is 0.206 e. The second kappa shape index (κ2) is 8.04. The van der Waals surface area contributed by atoms with Crippen LogP contribution in [0.5, 0.6) is 0 Å². The standard InChI is InChI=1S/C17H17Cl2N5.ClH/c1-9-5-6-22-13-7-10(11-3-2-4-12(18)16(11)19)8-14(15(9)13)23-24-17(20)21;/h2-6,10H,7-8H2,1H3,(H4,20,21,24);1H. The fourth-order valence-electron chi connectivity index (χ4n) is 3.09. The number of hydrogen-bond donors (Lipinski definition) is 3. The summed E-state index contributed by atoms with van der Waals surface area (Å²) in [6, 6.07) is 7.61. The van der Waals surface area contributed by atoms with E-state index in [2.05, 4.69) is 15.5 Å². The number of nitrogens with two attached hydrogens (primary N) is 1. The summed E-state index contributed by atoms with van der Waals surface area (Å²) in [6.45, 7) is 2.02. The zero-order valence-electron chi connectivity index (χ0n) is 13.5. The third-order valence-electron chi connectivity index (χ3n) is 4.14. The summed E-state index contributed by atoms with van der Waals surface area (Å²) < 4.78 is 0. The highest BCUT2D eigenvalue weighted by molar-refractivity contribution is 6.42. The van der Waals surface area contributed by atoms with Gasteiger partial charge in [-0.2, -0.15) is 5.10 Å². The molecule has 0 spiro atoms. The van der Waals surface area contributed by atoms with Gasteiger partial charge in [0, 0.05) is 11.8 Å². The lowest BCUT2D eigenvalue weighted by atomic mass is 9.80. The fraction of sp³-hybridized carbons (Fsp3) is 0.235. The van der Waals surface area contributed by atoms with Crippen LogP contribution in [-0.4, -0.2) is 16.7 Å². The summed E-state index contributed by atoms with van der Waals surface area (Å²) in [4.78, 5) is 4.52. The lowest BCUT2D eigenvalue weighted by molar-refractivity contribution is 0.675. The van der Waals surface area contributed by atoms with Crippen molar-refractivity contribution in [1.82, 2.24) is 10.4 Å². The number of benzene rings is 1. The Kier molecular flexibility index (Phi) is 6.27. The van der Waals surface area contributed by atoms with Crippen molar-refractivity contribution >= 4 is 47.3 Å². The average Bonchev–Trinajstić information content (AvgIpc) is 2.55. The summed E-state index contributed by atoms with van der Waals surface area (Å²) in [7, 11) is 0. The van der Waals surface area contributed by atoms with Gasteiger partial charge in [-0.3, -0.25) is 10.4 Å². The molecule has 0 amide bonds. The Morgan fingerprint density at radius 1 is 1.32 bits per heavy atom. The Morgan fingerprint density at radius 3 is 2.80 bits per heavy atom. The molecule has 8 heteroatoms. The monoisotopic (exact) mass is 397 g/mol. The van der Waals surface area contributed by atoms with Crippen LogP contribution in [0.1, 0.15) is 34.7 Å². The summed E-state index contributed by atoms with van der Waals surface area (Å²) in [5.41, 5.74) is 12.8. The van der Waals surface area contributed by atoms with Gasteiger partial charge in [0.15, 0.2) is 0 Å². The fourth-order valence-corrected chi connectivity index (χ4v) is 3.55. The number of aromatic nitrogens is 1. The quantitative estimate of drug-likeness (QED) is 0.405. The largest absolute Gasteiger partial charge is 0.369 e. The van der Waals surface area contributed by atoms with E-state index in [0.717, 1.165) is 34.5 Å². The molecule has 0 radical (unpaired) electrons. The molecule has 0 saturated heterocycles. The van der Waals surface area contributed by atoms with Crippen LogP contribution >= 0.6 is 35.6 Å². The minimum atomic E-state index is -0.200. The van der Waals surface area contributed by atoms with Crippen LogP contribution in [0, 0.1) is 12.3 Å². The molecule has 5 nitrogen and oxygen atoms in total. The van der Waals surface area contributed by atoms with Crippen LogP contribution in [0.2, 0.25) is 10.0 Å². The number of hydrazone groups is 1. The van der Waals surface area contributed by atoms with E-state index >= 15 is 0 Å². The van der Waals surface area contributed by atoms with Gasteiger partial charge in [0.1, 0.15) is 0 Å². The first-order valence-electron chi connectivity index (χ1n) is 7.52. The molecule has 1 aliphatic carbocycles. The number of halogens is 3. The Bertz CT molecular complexity index is 835. The van der Waals surface area contributed by atoms with Gasteiger partial charge in [0.05, 0.1) is 21.5 Å². The molecule has 1 aromatic heterocycles. The number of pyridine rings is 1. The van der Waals surface area contributed by atoms with Crippen LogP contribution in [0.15, 0.2) is 35.6 Å². The average molecular weight is 399 g/mol. The van der Waals surface area contributed by atoms with Gasteiger partial charge in [0.25, 0.3) is 0 Å². The molecule has 1 aliphatic rings. The number of hydrogen-bond acceptors (Lipinski definition) is 3. The van der Waals surface area contributed by atoms with Crippen molar-refractivity contribution < 1.29 is 0 Å². The third-order valence-corrected chi connectivity index (χ3v) is 4.97. The molecule has 1 heterocycles. The van der Waals surface area contributed by atoms with Crippen molar-refractivity contribution in [3.63, 3.8) is 0 Å². The molecule has 0 aliphatic heterocycles. The molecular weight excluding hydrogens is 381 g/mol. The predicted octanol–water partition coefficient (Wildman–Crippen LogP) is 4.04. The lowest BCUT2D eigenvalue weighted by Crippen LogP contribution is -2.29. The van der Waals surface area contributed by atoms with Crippen LogP contribution in [-0.2, 0) is 6.42 Å². The summed E-state index contributed by atoms with van der Waals surface area (Å²) in [5, 5.41) is 12.8. The maximum absolute atomic E-state index is 7.33. The minimum absolute atomic E-state index is 0. The minimum Gasteiger partial charge on any atom is -0.369 e. The highest BCUT2D eigenvalue weighted by Crippen LogP contribution is 2.38. The number of nitrogens with zero attached hydrogens (tertiary/aromatic N) is 2. The number of rotatable bonds is 2. The number of fused-ring (bicyclic) bond motifs is 1. The Balaban J connectivity index is 0.00000225. The first kappa shape index (κ1) is 19.5. The van der Waals surface area contributed by atoms with E-state index in [1.54, 1.807) is 12.3 Å². The van der Waals surface area contributed by atoms with Crippen molar-refractivity contribution in [1.29, 1.82) is 5.41 Å². The molecule has 2 aromatic rings. The van der Waals surface area contributed by atoms with Gasteiger partial charge in [0.2, 0.25) is 5.96 Å². The van der Waals surface area contributed by atoms with Crippen molar-refractivity contribution in [2.75, 3.05) is 0 Å². The van der Waals surface area contributed by atoms with Gasteiger partial charge in [-0.05, 0) is 48.9 Å². The van der Waals surface area contributed by atoms with E-state index in [4.69, 9.17) is 34.3 Å². The molecule has 1 unspecified atom stereocenters. The summed E-state index contributed by atoms with van der Waals surface area (Å²) in [5.74, 6) is -0.0842. The smallest absolute Gasteiger partial charge is 0.206 e. The summed E-state index contributed by atoms with van der Waals surface area (Å²) in [6.07, 6.45) is 3.22. The van der Waals surface area contributed by atoms with Gasteiger partial charge < -0.3 is 5.73 Å². The van der Waals surface area contributed by atoms with Crippen LogP contribution in [0.3, 0.4) is 0 Å². The normalized spacial score (nSPS) is 17.6. The highest BCUT2D eigenvalue weighted by Gasteiger charge is 2.29. The van der Waals surface area contributed by atoms with Crippen LogP contribution < -0.4 is 11.2 Å². The van der Waals surface area contributed by atoms with E-state index < -0.39 is 0 Å². The van der Waals surface area contributed by atoms with Crippen LogP contribution in [0.25, 0.3) is 0 Å². The molecule has 0 bridgehead atoms. The molecule has 0 fully saturated rings. The first-order valence-corrected chi connectivity index (χ1v) is 8.28. The van der Waals surface area contributed by atoms with E-state index in [0.29, 0.717) is 16.5 Å². The molecule has 0 saturated carbocycles. The molecular formula is C17H18Cl3N5. The second-order valence-corrected chi connectivity index (χ2v) is 6.57.